The fraction of sp³-hybridized carbons (Fsp3) is 0.115. The molecule has 33 heavy (non-hydrogen) atoms. The van der Waals surface area contributed by atoms with Crippen LogP contribution in [0.4, 0.5) is 0 Å². The molecule has 0 radical (unpaired) electrons. The molecule has 4 aromatic rings. The number of carbonyl (C=O) groups excluding carboxylic acids is 2. The molecule has 0 saturated heterocycles. The van der Waals surface area contributed by atoms with Crippen LogP contribution < -0.4 is 10.2 Å². The number of fused-ring (bicyclic) bond motifs is 3. The molecule has 1 atom stereocenters. The van der Waals surface area contributed by atoms with E-state index in [1.165, 1.54) is 25.5 Å². The van der Waals surface area contributed by atoms with E-state index in [0.717, 1.165) is 5.56 Å². The van der Waals surface area contributed by atoms with Gasteiger partial charge in [0.1, 0.15) is 23.3 Å². The van der Waals surface area contributed by atoms with Gasteiger partial charge in [0, 0.05) is 11.5 Å². The maximum absolute atomic E-state index is 13.3. The van der Waals surface area contributed by atoms with E-state index in [2.05, 4.69) is 0 Å². The van der Waals surface area contributed by atoms with Gasteiger partial charge >= 0.3 is 11.9 Å². The number of benzene rings is 3. The Balaban J connectivity index is 1.66. The Morgan fingerprint density at radius 1 is 1.00 bits per heavy atom. The molecule has 1 aliphatic heterocycles. The van der Waals surface area contributed by atoms with Crippen molar-refractivity contribution in [3.8, 4) is 22.6 Å². The summed E-state index contributed by atoms with van der Waals surface area (Å²) in [5.74, 6) is -0.836. The number of hydrogen-bond acceptors (Lipinski definition) is 7. The molecule has 1 unspecified atom stereocenters. The van der Waals surface area contributed by atoms with Crippen LogP contribution in [0.25, 0.3) is 22.1 Å². The summed E-state index contributed by atoms with van der Waals surface area (Å²) in [7, 11) is 1.31. The highest BCUT2D eigenvalue weighted by Crippen LogP contribution is 2.42. The first-order valence-corrected chi connectivity index (χ1v) is 10.2. The van der Waals surface area contributed by atoms with E-state index in [1.54, 1.807) is 48.5 Å². The van der Waals surface area contributed by atoms with Crippen LogP contribution in [0.3, 0.4) is 0 Å². The van der Waals surface area contributed by atoms with E-state index in [0.29, 0.717) is 39.0 Å². The first kappa shape index (κ1) is 20.5. The van der Waals surface area contributed by atoms with Gasteiger partial charge in [-0.2, -0.15) is 0 Å². The van der Waals surface area contributed by atoms with Crippen LogP contribution >= 0.6 is 0 Å². The first-order valence-electron chi connectivity index (χ1n) is 10.2. The number of phenols is 1. The lowest BCUT2D eigenvalue weighted by molar-refractivity contribution is -0.135. The van der Waals surface area contributed by atoms with Crippen molar-refractivity contribution in [3.05, 3.63) is 93.8 Å². The number of methoxy groups -OCH3 is 1. The fourth-order valence-corrected chi connectivity index (χ4v) is 4.15. The molecule has 7 heteroatoms. The summed E-state index contributed by atoms with van der Waals surface area (Å²) in [6.45, 7) is 0. The molecule has 3 aromatic carbocycles. The quantitative estimate of drug-likeness (QED) is 0.371. The third-order valence-electron chi connectivity index (χ3n) is 5.80. The molecule has 2 heterocycles. The van der Waals surface area contributed by atoms with Crippen LogP contribution in [-0.2, 0) is 9.53 Å². The van der Waals surface area contributed by atoms with E-state index in [4.69, 9.17) is 13.9 Å². The van der Waals surface area contributed by atoms with E-state index in [1.807, 2.05) is 0 Å². The molecular weight excluding hydrogens is 424 g/mol. The van der Waals surface area contributed by atoms with E-state index >= 15 is 0 Å². The van der Waals surface area contributed by atoms with Gasteiger partial charge < -0.3 is 19.0 Å². The van der Waals surface area contributed by atoms with Crippen molar-refractivity contribution in [1.82, 2.24) is 0 Å². The predicted molar refractivity (Wildman–Crippen MR) is 119 cm³/mol. The minimum atomic E-state index is -0.455. The number of ether oxygens (including phenoxy) is 2. The lowest BCUT2D eigenvalue weighted by Crippen LogP contribution is -2.22. The zero-order chi connectivity index (χ0) is 23.1. The summed E-state index contributed by atoms with van der Waals surface area (Å²) >= 11 is 0. The normalized spacial score (nSPS) is 15.1. The zero-order valence-electron chi connectivity index (χ0n) is 17.5. The average molecular weight is 442 g/mol. The Kier molecular flexibility index (Phi) is 4.94. The van der Waals surface area contributed by atoms with E-state index in [-0.39, 0.29) is 17.6 Å². The van der Waals surface area contributed by atoms with Gasteiger partial charge in [0.25, 0.3) is 0 Å². The van der Waals surface area contributed by atoms with E-state index < -0.39 is 17.9 Å². The van der Waals surface area contributed by atoms with Crippen LogP contribution in [-0.4, -0.2) is 24.2 Å². The summed E-state index contributed by atoms with van der Waals surface area (Å²) in [4.78, 5) is 37.3. The van der Waals surface area contributed by atoms with Crippen molar-refractivity contribution in [2.75, 3.05) is 7.11 Å². The lowest BCUT2D eigenvalue weighted by Gasteiger charge is -2.25. The van der Waals surface area contributed by atoms with Crippen molar-refractivity contribution < 1.29 is 28.6 Å². The zero-order valence-corrected chi connectivity index (χ0v) is 17.5. The summed E-state index contributed by atoms with van der Waals surface area (Å²) in [6.07, 6.45) is 1.44. The molecule has 7 nitrogen and oxygen atoms in total. The van der Waals surface area contributed by atoms with Crippen LogP contribution in [0.15, 0.2) is 76.1 Å². The smallest absolute Gasteiger partial charge is 0.337 e. The molecule has 1 aromatic heterocycles. The van der Waals surface area contributed by atoms with Gasteiger partial charge in [-0.1, -0.05) is 24.3 Å². The maximum Gasteiger partial charge on any atom is 0.337 e. The first-order chi connectivity index (χ1) is 16.0. The maximum atomic E-state index is 13.3. The van der Waals surface area contributed by atoms with Crippen molar-refractivity contribution in [1.29, 1.82) is 0 Å². The van der Waals surface area contributed by atoms with Crippen LogP contribution in [0.2, 0.25) is 0 Å². The molecule has 0 saturated carbocycles. The monoisotopic (exact) mass is 442 g/mol. The average Bonchev–Trinajstić information content (AvgIpc) is 2.83. The molecule has 1 aliphatic rings. The predicted octanol–water partition coefficient (Wildman–Crippen LogP) is 4.39. The molecule has 0 spiro atoms. The number of esters is 2. The number of aromatic hydroxyl groups is 1. The summed E-state index contributed by atoms with van der Waals surface area (Å²) in [6, 6.07) is 16.2. The van der Waals surface area contributed by atoms with Gasteiger partial charge in [-0.3, -0.25) is 9.59 Å². The third-order valence-corrected chi connectivity index (χ3v) is 5.80. The van der Waals surface area contributed by atoms with Gasteiger partial charge in [0.15, 0.2) is 0 Å². The lowest BCUT2D eigenvalue weighted by atomic mass is 9.85. The standard InChI is InChI=1S/C26H18O7/c1-31-26(30)16-4-2-14(3-5-16)19-12-22(28)33-21-11-10-18-24(29)20(13-32-25(18)23(19)21)15-6-8-17(27)9-7-15/h2-11,13,19,27H,12H2,1H3. The van der Waals surface area contributed by atoms with Gasteiger partial charge in [-0.25, -0.2) is 4.79 Å². The van der Waals surface area contributed by atoms with Crippen LogP contribution in [0.5, 0.6) is 11.5 Å². The molecular formula is C26H18O7. The second kappa shape index (κ2) is 7.94. The number of phenolic OH excluding ortho intramolecular Hbond substituents is 1. The summed E-state index contributed by atoms with van der Waals surface area (Å²) in [5.41, 5.74) is 2.85. The molecule has 0 fully saturated rings. The van der Waals surface area contributed by atoms with Gasteiger partial charge in [0.05, 0.1) is 30.0 Å². The Labute approximate surface area is 187 Å². The highest BCUT2D eigenvalue weighted by molar-refractivity contribution is 5.91. The third kappa shape index (κ3) is 3.53. The molecule has 5 rings (SSSR count). The van der Waals surface area contributed by atoms with E-state index in [9.17, 15) is 19.5 Å². The van der Waals surface area contributed by atoms with Crippen molar-refractivity contribution in [2.45, 2.75) is 12.3 Å². The van der Waals surface area contributed by atoms with Crippen molar-refractivity contribution in [2.24, 2.45) is 0 Å². The Morgan fingerprint density at radius 2 is 1.73 bits per heavy atom. The number of carbonyl (C=O) groups is 2. The van der Waals surface area contributed by atoms with Crippen molar-refractivity contribution >= 4 is 22.9 Å². The van der Waals surface area contributed by atoms with Crippen LogP contribution in [0, 0.1) is 0 Å². The molecule has 0 amide bonds. The second-order valence-corrected chi connectivity index (χ2v) is 7.72. The Bertz CT molecular complexity index is 1450. The van der Waals surface area contributed by atoms with Gasteiger partial charge in [0.2, 0.25) is 5.43 Å². The minimum Gasteiger partial charge on any atom is -0.508 e. The number of rotatable bonds is 3. The molecule has 1 N–H and O–H groups in total. The molecule has 0 aliphatic carbocycles. The largest absolute Gasteiger partial charge is 0.508 e. The summed E-state index contributed by atoms with van der Waals surface area (Å²) < 4.78 is 16.1. The van der Waals surface area contributed by atoms with Gasteiger partial charge in [-0.05, 0) is 47.5 Å². The number of hydrogen-bond donors (Lipinski definition) is 1. The van der Waals surface area contributed by atoms with Crippen molar-refractivity contribution in [3.63, 3.8) is 0 Å². The topological polar surface area (TPSA) is 103 Å². The Morgan fingerprint density at radius 3 is 2.42 bits per heavy atom. The second-order valence-electron chi connectivity index (χ2n) is 7.72. The highest BCUT2D eigenvalue weighted by atomic mass is 16.5. The Hall–Kier alpha value is -4.39. The van der Waals surface area contributed by atoms with Crippen LogP contribution in [0.1, 0.15) is 33.8 Å². The fourth-order valence-electron chi connectivity index (χ4n) is 4.15. The SMILES string of the molecule is COC(=O)c1ccc(C2CC(=O)Oc3ccc4c(=O)c(-c5ccc(O)cc5)coc4c32)cc1. The molecule has 0 bridgehead atoms. The minimum absolute atomic E-state index is 0.0626. The summed E-state index contributed by atoms with van der Waals surface area (Å²) in [5, 5.41) is 9.88. The highest BCUT2D eigenvalue weighted by Gasteiger charge is 2.32. The van der Waals surface area contributed by atoms with Gasteiger partial charge in [-0.15, -0.1) is 0 Å². The molecule has 164 valence electrons.